The summed E-state index contributed by atoms with van der Waals surface area (Å²) in [5, 5.41) is 3.56. The highest BCUT2D eigenvalue weighted by atomic mass is 14.9. The Labute approximate surface area is 105 Å². The van der Waals surface area contributed by atoms with Gasteiger partial charge in [-0.3, -0.25) is 0 Å². The standard InChI is InChI=1S/C16H23N/c1-11-7-13(3)16(14(4)8-11)9-12(2)10-17-15-5-6-15/h7-9,15,17H,5-6,10H2,1-4H3. The summed E-state index contributed by atoms with van der Waals surface area (Å²) in [4.78, 5) is 0. The first-order chi connectivity index (χ1) is 8.06. The predicted octanol–water partition coefficient (Wildman–Crippen LogP) is 3.77. The topological polar surface area (TPSA) is 12.0 Å². The highest BCUT2D eigenvalue weighted by Crippen LogP contribution is 2.21. The van der Waals surface area contributed by atoms with Crippen LogP contribution in [0.5, 0.6) is 0 Å². The maximum absolute atomic E-state index is 3.56. The van der Waals surface area contributed by atoms with Gasteiger partial charge in [0, 0.05) is 12.6 Å². The zero-order valence-electron chi connectivity index (χ0n) is 11.4. The van der Waals surface area contributed by atoms with Gasteiger partial charge >= 0.3 is 0 Å². The van der Waals surface area contributed by atoms with Gasteiger partial charge < -0.3 is 5.32 Å². The van der Waals surface area contributed by atoms with Crippen LogP contribution in [0, 0.1) is 20.8 Å². The van der Waals surface area contributed by atoms with Gasteiger partial charge in [-0.1, -0.05) is 29.3 Å². The first-order valence-corrected chi connectivity index (χ1v) is 6.54. The molecule has 92 valence electrons. The third-order valence-electron chi connectivity index (χ3n) is 3.38. The molecule has 1 fully saturated rings. The number of aryl methyl sites for hydroxylation is 3. The predicted molar refractivity (Wildman–Crippen MR) is 75.3 cm³/mol. The van der Waals surface area contributed by atoms with E-state index in [0.29, 0.717) is 0 Å². The van der Waals surface area contributed by atoms with E-state index < -0.39 is 0 Å². The summed E-state index contributed by atoms with van der Waals surface area (Å²) in [7, 11) is 0. The molecule has 0 aliphatic heterocycles. The van der Waals surface area contributed by atoms with Crippen LogP contribution in [-0.2, 0) is 0 Å². The second-order valence-corrected chi connectivity index (χ2v) is 5.46. The first kappa shape index (κ1) is 12.4. The Morgan fingerprint density at radius 1 is 1.24 bits per heavy atom. The normalized spacial score (nSPS) is 16.4. The lowest BCUT2D eigenvalue weighted by molar-refractivity contribution is 0.735. The largest absolute Gasteiger partial charge is 0.310 e. The lowest BCUT2D eigenvalue weighted by Crippen LogP contribution is -2.18. The lowest BCUT2D eigenvalue weighted by atomic mass is 9.98. The molecule has 0 unspecified atom stereocenters. The molecule has 0 saturated heterocycles. The lowest BCUT2D eigenvalue weighted by Gasteiger charge is -2.09. The van der Waals surface area contributed by atoms with E-state index in [0.717, 1.165) is 12.6 Å². The zero-order chi connectivity index (χ0) is 12.4. The SMILES string of the molecule is CC(=Cc1c(C)cc(C)cc1C)CNC1CC1. The van der Waals surface area contributed by atoms with Crippen LogP contribution >= 0.6 is 0 Å². The Morgan fingerprint density at radius 3 is 2.35 bits per heavy atom. The smallest absolute Gasteiger partial charge is 0.0167 e. The fourth-order valence-corrected chi connectivity index (χ4v) is 2.31. The minimum absolute atomic E-state index is 0.790. The molecule has 1 aromatic carbocycles. The molecule has 1 saturated carbocycles. The quantitative estimate of drug-likeness (QED) is 0.828. The number of rotatable bonds is 4. The maximum Gasteiger partial charge on any atom is 0.0167 e. The molecule has 17 heavy (non-hydrogen) atoms. The number of hydrogen-bond donors (Lipinski definition) is 1. The number of benzene rings is 1. The van der Waals surface area contributed by atoms with Crippen molar-refractivity contribution < 1.29 is 0 Å². The number of hydrogen-bond acceptors (Lipinski definition) is 1. The summed E-state index contributed by atoms with van der Waals surface area (Å²) >= 11 is 0. The molecular weight excluding hydrogens is 206 g/mol. The average Bonchev–Trinajstić information content (AvgIpc) is 3.04. The maximum atomic E-state index is 3.56. The molecule has 1 aliphatic carbocycles. The van der Waals surface area contributed by atoms with Gasteiger partial charge in [-0.2, -0.15) is 0 Å². The molecule has 2 rings (SSSR count). The molecule has 1 heteroatoms. The van der Waals surface area contributed by atoms with Crippen LogP contribution in [-0.4, -0.2) is 12.6 Å². The van der Waals surface area contributed by atoms with Crippen molar-refractivity contribution >= 4 is 6.08 Å². The van der Waals surface area contributed by atoms with Gasteiger partial charge in [-0.05, 0) is 57.2 Å². The molecule has 0 atom stereocenters. The van der Waals surface area contributed by atoms with Gasteiger partial charge in [-0.25, -0.2) is 0 Å². The van der Waals surface area contributed by atoms with Crippen molar-refractivity contribution in [3.8, 4) is 0 Å². The van der Waals surface area contributed by atoms with E-state index in [1.165, 1.54) is 40.7 Å². The van der Waals surface area contributed by atoms with Crippen LogP contribution in [0.25, 0.3) is 6.08 Å². The van der Waals surface area contributed by atoms with Gasteiger partial charge in [0.2, 0.25) is 0 Å². The summed E-state index contributed by atoms with van der Waals surface area (Å²) in [6, 6.07) is 5.32. The summed E-state index contributed by atoms with van der Waals surface area (Å²) in [6.07, 6.45) is 5.05. The van der Waals surface area contributed by atoms with E-state index in [-0.39, 0.29) is 0 Å². The fraction of sp³-hybridized carbons (Fsp3) is 0.500. The molecular formula is C16H23N. The van der Waals surface area contributed by atoms with E-state index in [4.69, 9.17) is 0 Å². The van der Waals surface area contributed by atoms with E-state index >= 15 is 0 Å². The molecule has 0 spiro atoms. The van der Waals surface area contributed by atoms with E-state index in [1.807, 2.05) is 0 Å². The van der Waals surface area contributed by atoms with Crippen molar-refractivity contribution in [1.82, 2.24) is 5.32 Å². The van der Waals surface area contributed by atoms with Crippen LogP contribution in [0.2, 0.25) is 0 Å². The highest BCUT2D eigenvalue weighted by Gasteiger charge is 2.19. The Balaban J connectivity index is 2.12. The fourth-order valence-electron chi connectivity index (χ4n) is 2.31. The highest BCUT2D eigenvalue weighted by molar-refractivity contribution is 5.60. The Kier molecular flexibility index (Phi) is 3.68. The van der Waals surface area contributed by atoms with Gasteiger partial charge in [0.25, 0.3) is 0 Å². The zero-order valence-corrected chi connectivity index (χ0v) is 11.4. The van der Waals surface area contributed by atoms with Crippen LogP contribution in [0.3, 0.4) is 0 Å². The first-order valence-electron chi connectivity index (χ1n) is 6.54. The molecule has 1 aromatic rings. The molecule has 1 N–H and O–H groups in total. The molecule has 0 heterocycles. The van der Waals surface area contributed by atoms with E-state index in [2.05, 4.69) is 51.2 Å². The number of nitrogens with one attached hydrogen (secondary N) is 1. The molecule has 0 bridgehead atoms. The second-order valence-electron chi connectivity index (χ2n) is 5.46. The minimum atomic E-state index is 0.790. The van der Waals surface area contributed by atoms with Crippen molar-refractivity contribution in [3.05, 3.63) is 40.0 Å². The summed E-state index contributed by atoms with van der Waals surface area (Å²) in [6.45, 7) is 9.81. The average molecular weight is 229 g/mol. The third kappa shape index (κ3) is 3.44. The van der Waals surface area contributed by atoms with Crippen molar-refractivity contribution in [3.63, 3.8) is 0 Å². The Morgan fingerprint density at radius 2 is 1.82 bits per heavy atom. The third-order valence-corrected chi connectivity index (χ3v) is 3.38. The Hall–Kier alpha value is -1.08. The molecule has 0 radical (unpaired) electrons. The second kappa shape index (κ2) is 5.05. The van der Waals surface area contributed by atoms with Crippen LogP contribution in [0.4, 0.5) is 0 Å². The van der Waals surface area contributed by atoms with Crippen molar-refractivity contribution in [2.24, 2.45) is 0 Å². The van der Waals surface area contributed by atoms with E-state index in [1.54, 1.807) is 0 Å². The molecule has 1 aliphatic rings. The van der Waals surface area contributed by atoms with Crippen LogP contribution in [0.1, 0.15) is 42.0 Å². The van der Waals surface area contributed by atoms with Gasteiger partial charge in [0.15, 0.2) is 0 Å². The van der Waals surface area contributed by atoms with Crippen LogP contribution < -0.4 is 5.32 Å². The van der Waals surface area contributed by atoms with Gasteiger partial charge in [-0.15, -0.1) is 0 Å². The van der Waals surface area contributed by atoms with Crippen LogP contribution in [0.15, 0.2) is 17.7 Å². The summed E-state index contributed by atoms with van der Waals surface area (Å²) in [5.74, 6) is 0. The Bertz CT molecular complexity index is 416. The molecule has 1 nitrogen and oxygen atoms in total. The van der Waals surface area contributed by atoms with Gasteiger partial charge in [0.1, 0.15) is 0 Å². The van der Waals surface area contributed by atoms with Crippen molar-refractivity contribution in [1.29, 1.82) is 0 Å². The van der Waals surface area contributed by atoms with Gasteiger partial charge in [0.05, 0.1) is 0 Å². The van der Waals surface area contributed by atoms with Crippen molar-refractivity contribution in [2.45, 2.75) is 46.6 Å². The monoisotopic (exact) mass is 229 g/mol. The minimum Gasteiger partial charge on any atom is -0.310 e. The molecule has 0 aromatic heterocycles. The van der Waals surface area contributed by atoms with Crippen molar-refractivity contribution in [2.75, 3.05) is 6.54 Å². The molecule has 0 amide bonds. The summed E-state index contributed by atoms with van der Waals surface area (Å²) in [5.41, 5.74) is 6.94. The van der Waals surface area contributed by atoms with E-state index in [9.17, 15) is 0 Å². The summed E-state index contributed by atoms with van der Waals surface area (Å²) < 4.78 is 0.